The lowest BCUT2D eigenvalue weighted by atomic mass is 9.87. The van der Waals surface area contributed by atoms with Gasteiger partial charge in [-0.2, -0.15) is 0 Å². The van der Waals surface area contributed by atoms with Crippen molar-refractivity contribution in [3.8, 4) is 0 Å². The van der Waals surface area contributed by atoms with Crippen molar-refractivity contribution in [3.63, 3.8) is 0 Å². The summed E-state index contributed by atoms with van der Waals surface area (Å²) in [6, 6.07) is 0. The molecule has 1 aliphatic carbocycles. The Kier molecular flexibility index (Phi) is 1.37. The molecular formula is C5H9I. The highest BCUT2D eigenvalue weighted by Crippen LogP contribution is 2.33. The summed E-state index contributed by atoms with van der Waals surface area (Å²) in [5, 5.41) is 0. The molecule has 0 saturated heterocycles. The maximum Gasteiger partial charge on any atom is 0.0135 e. The van der Waals surface area contributed by atoms with Crippen LogP contribution in [0.2, 0.25) is 0 Å². The van der Waals surface area contributed by atoms with Crippen LogP contribution in [0.15, 0.2) is 0 Å². The van der Waals surface area contributed by atoms with Crippen LogP contribution in [0.4, 0.5) is 0 Å². The predicted octanol–water partition coefficient (Wildman–Crippen LogP) is 2.22. The van der Waals surface area contributed by atoms with Crippen LogP contribution in [-0.2, 0) is 0 Å². The van der Waals surface area contributed by atoms with E-state index in [4.69, 9.17) is 0 Å². The van der Waals surface area contributed by atoms with Crippen LogP contribution >= 0.6 is 22.6 Å². The molecule has 2 atom stereocenters. The van der Waals surface area contributed by atoms with Gasteiger partial charge in [-0.15, -0.1) is 0 Å². The van der Waals surface area contributed by atoms with Crippen LogP contribution in [0.1, 0.15) is 19.8 Å². The first kappa shape index (κ1) is 4.88. The van der Waals surface area contributed by atoms with Gasteiger partial charge in [0.05, 0.1) is 0 Å². The van der Waals surface area contributed by atoms with E-state index < -0.39 is 0 Å². The molecule has 6 heavy (non-hydrogen) atoms. The Balaban J connectivity index is 2.20. The fourth-order valence-corrected chi connectivity index (χ4v) is 1.35. The lowest BCUT2D eigenvalue weighted by molar-refractivity contribution is 0.378. The van der Waals surface area contributed by atoms with Gasteiger partial charge in [-0.25, -0.2) is 0 Å². The summed E-state index contributed by atoms with van der Waals surface area (Å²) in [6.07, 6.45) is 2.93. The maximum atomic E-state index is 2.52. The van der Waals surface area contributed by atoms with Gasteiger partial charge in [0.1, 0.15) is 0 Å². The van der Waals surface area contributed by atoms with Gasteiger partial charge in [0.15, 0.2) is 0 Å². The molecule has 1 saturated carbocycles. The van der Waals surface area contributed by atoms with E-state index in [0.717, 1.165) is 9.84 Å². The summed E-state index contributed by atoms with van der Waals surface area (Å²) < 4.78 is 1.00. The zero-order valence-corrected chi connectivity index (χ0v) is 6.10. The molecule has 0 spiro atoms. The molecule has 0 aromatic heterocycles. The van der Waals surface area contributed by atoms with Gasteiger partial charge in [-0.1, -0.05) is 29.5 Å². The number of hydrogen-bond acceptors (Lipinski definition) is 0. The Bertz CT molecular complexity index is 43.9. The summed E-state index contributed by atoms with van der Waals surface area (Å²) in [5.41, 5.74) is 0. The highest BCUT2D eigenvalue weighted by Gasteiger charge is 2.22. The van der Waals surface area contributed by atoms with Crippen LogP contribution in [0.25, 0.3) is 0 Å². The van der Waals surface area contributed by atoms with Gasteiger partial charge in [-0.3, -0.25) is 0 Å². The largest absolute Gasteiger partial charge is 0.0823 e. The van der Waals surface area contributed by atoms with E-state index in [1.807, 2.05) is 0 Å². The van der Waals surface area contributed by atoms with E-state index in [-0.39, 0.29) is 0 Å². The molecule has 0 bridgehead atoms. The second kappa shape index (κ2) is 1.68. The molecule has 0 aromatic carbocycles. The van der Waals surface area contributed by atoms with Crippen molar-refractivity contribution in [1.29, 1.82) is 0 Å². The van der Waals surface area contributed by atoms with Gasteiger partial charge >= 0.3 is 0 Å². The quantitative estimate of drug-likeness (QED) is 0.411. The topological polar surface area (TPSA) is 0 Å². The van der Waals surface area contributed by atoms with Gasteiger partial charge in [0.2, 0.25) is 0 Å². The Morgan fingerprint density at radius 2 is 2.00 bits per heavy atom. The average Bonchev–Trinajstić information content (AvgIpc) is 1.61. The number of halogens is 1. The first-order chi connectivity index (χ1) is 2.80. The minimum Gasteiger partial charge on any atom is -0.0823 e. The second-order valence-electron chi connectivity index (χ2n) is 2.07. The van der Waals surface area contributed by atoms with Crippen molar-refractivity contribution >= 4 is 22.6 Å². The first-order valence-corrected chi connectivity index (χ1v) is 3.69. The predicted molar refractivity (Wildman–Crippen MR) is 36.2 cm³/mol. The Hall–Kier alpha value is 0.730. The van der Waals surface area contributed by atoms with E-state index in [0.29, 0.717) is 0 Å². The molecule has 0 nitrogen and oxygen atoms in total. The SMILES string of the molecule is CC1CC[C@@H]1I. The molecule has 0 heterocycles. The Morgan fingerprint density at radius 1 is 1.50 bits per heavy atom. The van der Waals surface area contributed by atoms with E-state index in [2.05, 4.69) is 29.5 Å². The van der Waals surface area contributed by atoms with E-state index >= 15 is 0 Å². The van der Waals surface area contributed by atoms with E-state index in [1.54, 1.807) is 0 Å². The third kappa shape index (κ3) is 0.695. The molecule has 1 rings (SSSR count). The molecule has 1 unspecified atom stereocenters. The Labute approximate surface area is 52.5 Å². The minimum absolute atomic E-state index is 1.00. The van der Waals surface area contributed by atoms with Gasteiger partial charge in [-0.05, 0) is 18.8 Å². The molecule has 1 fully saturated rings. The molecule has 0 aromatic rings. The van der Waals surface area contributed by atoms with E-state index in [1.165, 1.54) is 12.8 Å². The maximum absolute atomic E-state index is 2.52. The van der Waals surface area contributed by atoms with Crippen LogP contribution in [0.5, 0.6) is 0 Å². The van der Waals surface area contributed by atoms with E-state index in [9.17, 15) is 0 Å². The minimum atomic E-state index is 1.00. The van der Waals surface area contributed by atoms with Gasteiger partial charge in [0, 0.05) is 3.92 Å². The van der Waals surface area contributed by atoms with Gasteiger partial charge in [0.25, 0.3) is 0 Å². The van der Waals surface area contributed by atoms with Crippen molar-refractivity contribution in [2.75, 3.05) is 0 Å². The third-order valence-corrected chi connectivity index (χ3v) is 3.37. The summed E-state index contributed by atoms with van der Waals surface area (Å²) >= 11 is 2.52. The third-order valence-electron chi connectivity index (χ3n) is 1.52. The van der Waals surface area contributed by atoms with Gasteiger partial charge < -0.3 is 0 Å². The lowest BCUT2D eigenvalue weighted by Gasteiger charge is -2.27. The average molecular weight is 196 g/mol. The van der Waals surface area contributed by atoms with Crippen molar-refractivity contribution in [2.24, 2.45) is 5.92 Å². The molecule has 0 amide bonds. The molecule has 1 heteroatoms. The second-order valence-corrected chi connectivity index (χ2v) is 3.67. The Morgan fingerprint density at radius 3 is 2.00 bits per heavy atom. The fraction of sp³-hybridized carbons (Fsp3) is 1.00. The van der Waals surface area contributed by atoms with Crippen molar-refractivity contribution in [1.82, 2.24) is 0 Å². The monoisotopic (exact) mass is 196 g/mol. The lowest BCUT2D eigenvalue weighted by Crippen LogP contribution is -2.21. The zero-order chi connectivity index (χ0) is 4.57. The van der Waals surface area contributed by atoms with Crippen molar-refractivity contribution in [2.45, 2.75) is 23.7 Å². The molecule has 1 aliphatic rings. The highest BCUT2D eigenvalue weighted by molar-refractivity contribution is 14.1. The normalized spacial score (nSPS) is 45.0. The summed E-state index contributed by atoms with van der Waals surface area (Å²) in [6.45, 7) is 2.32. The molecule has 36 valence electrons. The first-order valence-electron chi connectivity index (χ1n) is 2.45. The van der Waals surface area contributed by atoms with Crippen molar-refractivity contribution in [3.05, 3.63) is 0 Å². The summed E-state index contributed by atoms with van der Waals surface area (Å²) in [5.74, 6) is 1.02. The zero-order valence-electron chi connectivity index (χ0n) is 3.95. The summed E-state index contributed by atoms with van der Waals surface area (Å²) in [7, 11) is 0. The molecule has 0 aliphatic heterocycles. The van der Waals surface area contributed by atoms with Crippen LogP contribution in [0, 0.1) is 5.92 Å². The number of hydrogen-bond donors (Lipinski definition) is 0. The summed E-state index contributed by atoms with van der Waals surface area (Å²) in [4.78, 5) is 0. The number of alkyl halides is 1. The van der Waals surface area contributed by atoms with Crippen LogP contribution in [0.3, 0.4) is 0 Å². The molecular weight excluding hydrogens is 187 g/mol. The fourth-order valence-electron chi connectivity index (χ4n) is 0.626. The highest BCUT2D eigenvalue weighted by atomic mass is 127. The molecule has 0 radical (unpaired) electrons. The van der Waals surface area contributed by atoms with Crippen LogP contribution < -0.4 is 0 Å². The van der Waals surface area contributed by atoms with Crippen molar-refractivity contribution < 1.29 is 0 Å². The molecule has 0 N–H and O–H groups in total. The standard InChI is InChI=1S/C5H9I/c1-4-2-3-5(4)6/h4-5H,2-3H2,1H3/t4?,5-/m0/s1. The number of rotatable bonds is 0. The smallest absolute Gasteiger partial charge is 0.0135 e. The van der Waals surface area contributed by atoms with Crippen LogP contribution in [-0.4, -0.2) is 3.92 Å².